The highest BCUT2D eigenvalue weighted by molar-refractivity contribution is 5.00. The van der Waals surface area contributed by atoms with Gasteiger partial charge in [0.15, 0.2) is 0 Å². The maximum Gasteiger partial charge on any atom is 0.0161 e. The van der Waals surface area contributed by atoms with E-state index in [1.165, 1.54) is 31.3 Å². The highest BCUT2D eigenvalue weighted by Crippen LogP contribution is 2.49. The molecule has 0 bridgehead atoms. The first-order valence-corrected chi connectivity index (χ1v) is 5.15. The Morgan fingerprint density at radius 3 is 3.08 bits per heavy atom. The lowest BCUT2D eigenvalue weighted by atomic mass is 9.95. The van der Waals surface area contributed by atoms with E-state index in [2.05, 4.69) is 18.8 Å². The van der Waals surface area contributed by atoms with Crippen molar-refractivity contribution >= 4 is 0 Å². The molecule has 3 atom stereocenters. The summed E-state index contributed by atoms with van der Waals surface area (Å²) in [5.41, 5.74) is 1.26. The molecule has 0 heterocycles. The molecule has 0 aliphatic heterocycles. The van der Waals surface area contributed by atoms with Crippen molar-refractivity contribution in [3.05, 3.63) is 12.2 Å². The molecule has 2 saturated carbocycles. The Morgan fingerprint density at radius 1 is 1.50 bits per heavy atom. The molecule has 2 aliphatic carbocycles. The van der Waals surface area contributed by atoms with E-state index in [0.29, 0.717) is 0 Å². The summed E-state index contributed by atoms with van der Waals surface area (Å²) in [5, 5.41) is 3.61. The molecule has 1 N–H and O–H groups in total. The van der Waals surface area contributed by atoms with Crippen molar-refractivity contribution in [2.75, 3.05) is 6.54 Å². The highest BCUT2D eigenvalue weighted by Gasteiger charge is 2.44. The van der Waals surface area contributed by atoms with E-state index in [0.717, 1.165) is 24.4 Å². The molecule has 12 heavy (non-hydrogen) atoms. The predicted molar refractivity (Wildman–Crippen MR) is 52.1 cm³/mol. The topological polar surface area (TPSA) is 12.0 Å². The Balaban J connectivity index is 1.76. The lowest BCUT2D eigenvalue weighted by molar-refractivity contribution is 0.362. The Bertz CT molecular complexity index is 185. The molecule has 68 valence electrons. The molecule has 0 aromatic heterocycles. The third kappa shape index (κ3) is 1.71. The van der Waals surface area contributed by atoms with Crippen molar-refractivity contribution in [2.24, 2.45) is 11.8 Å². The zero-order chi connectivity index (χ0) is 8.55. The van der Waals surface area contributed by atoms with Crippen LogP contribution in [0.3, 0.4) is 0 Å². The molecular weight excluding hydrogens is 146 g/mol. The van der Waals surface area contributed by atoms with Crippen molar-refractivity contribution in [1.82, 2.24) is 5.32 Å². The van der Waals surface area contributed by atoms with Crippen LogP contribution in [0.15, 0.2) is 12.2 Å². The number of fused-ring (bicyclic) bond motifs is 1. The minimum Gasteiger partial charge on any atom is -0.310 e. The third-order valence-corrected chi connectivity index (χ3v) is 3.25. The van der Waals surface area contributed by atoms with Crippen LogP contribution in [0.25, 0.3) is 0 Å². The quantitative estimate of drug-likeness (QED) is 0.633. The number of hydrogen-bond donors (Lipinski definition) is 1. The van der Waals surface area contributed by atoms with Gasteiger partial charge in [-0.2, -0.15) is 0 Å². The molecule has 2 rings (SSSR count). The Hall–Kier alpha value is -0.300. The highest BCUT2D eigenvalue weighted by atomic mass is 14.9. The Kier molecular flexibility index (Phi) is 2.22. The summed E-state index contributed by atoms with van der Waals surface area (Å²) in [6.07, 6.45) is 5.83. The van der Waals surface area contributed by atoms with E-state index in [-0.39, 0.29) is 0 Å². The van der Waals surface area contributed by atoms with E-state index in [9.17, 15) is 0 Å². The van der Waals surface area contributed by atoms with Gasteiger partial charge >= 0.3 is 0 Å². The molecule has 0 saturated heterocycles. The van der Waals surface area contributed by atoms with E-state index in [4.69, 9.17) is 0 Å². The van der Waals surface area contributed by atoms with Gasteiger partial charge in [0.2, 0.25) is 0 Å². The fraction of sp³-hybridized carbons (Fsp3) is 0.818. The zero-order valence-electron chi connectivity index (χ0n) is 7.97. The van der Waals surface area contributed by atoms with E-state index >= 15 is 0 Å². The van der Waals surface area contributed by atoms with Crippen LogP contribution in [0, 0.1) is 11.8 Å². The number of nitrogens with one attached hydrogen (secondary N) is 1. The molecule has 0 aromatic carbocycles. The molecule has 2 fully saturated rings. The predicted octanol–water partition coefficient (Wildman–Crippen LogP) is 2.34. The summed E-state index contributed by atoms with van der Waals surface area (Å²) in [6, 6.07) is 0.820. The molecule has 1 unspecified atom stereocenters. The largest absolute Gasteiger partial charge is 0.310 e. The summed E-state index contributed by atoms with van der Waals surface area (Å²) in [6.45, 7) is 7.03. The van der Waals surface area contributed by atoms with Crippen LogP contribution in [0.1, 0.15) is 32.6 Å². The maximum absolute atomic E-state index is 3.92. The van der Waals surface area contributed by atoms with Crippen molar-refractivity contribution in [1.29, 1.82) is 0 Å². The van der Waals surface area contributed by atoms with Crippen LogP contribution in [0.2, 0.25) is 0 Å². The van der Waals surface area contributed by atoms with Crippen molar-refractivity contribution in [3.63, 3.8) is 0 Å². The summed E-state index contributed by atoms with van der Waals surface area (Å²) in [4.78, 5) is 0. The number of rotatable bonds is 3. The van der Waals surface area contributed by atoms with Gasteiger partial charge in [-0.05, 0) is 31.6 Å². The maximum atomic E-state index is 3.92. The van der Waals surface area contributed by atoms with E-state index < -0.39 is 0 Å². The minimum atomic E-state index is 0.820. The average Bonchev–Trinajstić information content (AvgIpc) is 2.78. The average molecular weight is 165 g/mol. The van der Waals surface area contributed by atoms with Gasteiger partial charge in [0.1, 0.15) is 0 Å². The molecule has 0 aromatic rings. The number of hydrogen-bond acceptors (Lipinski definition) is 1. The molecular formula is C11H19N. The van der Waals surface area contributed by atoms with Crippen LogP contribution < -0.4 is 5.32 Å². The van der Waals surface area contributed by atoms with Crippen LogP contribution in [0.5, 0.6) is 0 Å². The SMILES string of the molecule is C=C(C)CNC1CCC[C@H]2C[C@@H]12. The summed E-state index contributed by atoms with van der Waals surface area (Å²) < 4.78 is 0. The van der Waals surface area contributed by atoms with Gasteiger partial charge in [-0.1, -0.05) is 25.0 Å². The van der Waals surface area contributed by atoms with Gasteiger partial charge in [-0.3, -0.25) is 0 Å². The first-order valence-electron chi connectivity index (χ1n) is 5.15. The fourth-order valence-corrected chi connectivity index (χ4v) is 2.47. The van der Waals surface area contributed by atoms with Gasteiger partial charge in [0, 0.05) is 12.6 Å². The fourth-order valence-electron chi connectivity index (χ4n) is 2.47. The molecule has 1 heteroatoms. The zero-order valence-corrected chi connectivity index (χ0v) is 7.97. The van der Waals surface area contributed by atoms with Gasteiger partial charge in [0.05, 0.1) is 0 Å². The van der Waals surface area contributed by atoms with Crippen molar-refractivity contribution in [2.45, 2.75) is 38.6 Å². The molecule has 0 spiro atoms. The van der Waals surface area contributed by atoms with Crippen molar-refractivity contribution < 1.29 is 0 Å². The smallest absolute Gasteiger partial charge is 0.0161 e. The van der Waals surface area contributed by atoms with Gasteiger partial charge in [-0.15, -0.1) is 0 Å². The molecule has 0 amide bonds. The minimum absolute atomic E-state index is 0.820. The van der Waals surface area contributed by atoms with Crippen LogP contribution in [-0.4, -0.2) is 12.6 Å². The van der Waals surface area contributed by atoms with E-state index in [1.54, 1.807) is 0 Å². The van der Waals surface area contributed by atoms with Gasteiger partial charge < -0.3 is 5.32 Å². The molecule has 1 nitrogen and oxygen atoms in total. The standard InChI is InChI=1S/C11H19N/c1-8(2)7-12-11-5-3-4-9-6-10(9)11/h9-12H,1,3-7H2,2H3/t9-,10+,11?/m0/s1. The summed E-state index contributed by atoms with van der Waals surface area (Å²) in [7, 11) is 0. The second-order valence-corrected chi connectivity index (χ2v) is 4.54. The van der Waals surface area contributed by atoms with Crippen LogP contribution >= 0.6 is 0 Å². The monoisotopic (exact) mass is 165 g/mol. The molecule has 2 aliphatic rings. The van der Waals surface area contributed by atoms with Crippen LogP contribution in [-0.2, 0) is 0 Å². The Labute approximate surface area is 75.2 Å². The lowest BCUT2D eigenvalue weighted by Gasteiger charge is -2.22. The van der Waals surface area contributed by atoms with Crippen LogP contribution in [0.4, 0.5) is 0 Å². The first kappa shape index (κ1) is 8.31. The van der Waals surface area contributed by atoms with Crippen molar-refractivity contribution in [3.8, 4) is 0 Å². The summed E-state index contributed by atoms with van der Waals surface area (Å²) >= 11 is 0. The second kappa shape index (κ2) is 3.21. The third-order valence-electron chi connectivity index (χ3n) is 3.25. The van der Waals surface area contributed by atoms with E-state index in [1.807, 2.05) is 0 Å². The second-order valence-electron chi connectivity index (χ2n) is 4.54. The lowest BCUT2D eigenvalue weighted by Crippen LogP contribution is -2.34. The summed E-state index contributed by atoms with van der Waals surface area (Å²) in [5.74, 6) is 2.11. The van der Waals surface area contributed by atoms with Gasteiger partial charge in [-0.25, -0.2) is 0 Å². The first-order chi connectivity index (χ1) is 5.77. The normalized spacial score (nSPS) is 38.9. The Morgan fingerprint density at radius 2 is 2.33 bits per heavy atom. The van der Waals surface area contributed by atoms with Gasteiger partial charge in [0.25, 0.3) is 0 Å². The molecule has 0 radical (unpaired) electrons.